The van der Waals surface area contributed by atoms with Crippen molar-refractivity contribution in [3.63, 3.8) is 0 Å². The van der Waals surface area contributed by atoms with Crippen molar-refractivity contribution in [2.24, 2.45) is 0 Å². The molecule has 0 fully saturated rings. The lowest BCUT2D eigenvalue weighted by Gasteiger charge is -2.13. The van der Waals surface area contributed by atoms with Crippen LogP contribution < -0.4 is 9.46 Å². The van der Waals surface area contributed by atoms with Crippen molar-refractivity contribution in [2.75, 3.05) is 11.8 Å². The number of halogens is 4. The third kappa shape index (κ3) is 3.99. The zero-order valence-electron chi connectivity index (χ0n) is 11.6. The Bertz CT molecular complexity index is 749. The quantitative estimate of drug-likeness (QED) is 0.646. The van der Waals surface area contributed by atoms with Crippen molar-refractivity contribution in [3.05, 3.63) is 47.8 Å². The smallest absolute Gasteiger partial charge is 0.419 e. The van der Waals surface area contributed by atoms with Gasteiger partial charge in [-0.05, 0) is 29.8 Å². The number of hydrogen-bond acceptors (Lipinski definition) is 2. The van der Waals surface area contributed by atoms with Gasteiger partial charge < -0.3 is 4.74 Å². The zero-order valence-corrected chi connectivity index (χ0v) is 12.5. The molecule has 0 saturated heterocycles. The van der Waals surface area contributed by atoms with Gasteiger partial charge >= 0.3 is 6.18 Å². The minimum Gasteiger partial charge on any atom is -0.496 e. The highest BCUT2D eigenvalue weighted by molar-refractivity contribution is 7.80. The van der Waals surface area contributed by atoms with Crippen LogP contribution in [0.1, 0.15) is 5.56 Å². The van der Waals surface area contributed by atoms with Gasteiger partial charge in [-0.25, -0.2) is 8.60 Å². The Morgan fingerprint density at radius 2 is 1.87 bits per heavy atom. The number of methoxy groups -OCH3 is 1. The van der Waals surface area contributed by atoms with E-state index in [1.54, 1.807) is 0 Å². The summed E-state index contributed by atoms with van der Waals surface area (Å²) in [6.45, 7) is 0. The molecule has 0 aliphatic carbocycles. The fourth-order valence-corrected chi connectivity index (χ4v) is 2.34. The lowest BCUT2D eigenvalue weighted by atomic mass is 10.0. The lowest BCUT2D eigenvalue weighted by molar-refractivity contribution is -0.139. The van der Waals surface area contributed by atoms with Crippen LogP contribution in [0.4, 0.5) is 23.2 Å². The SMILES string of the molecule is COc1cc(NS(=O)O)ccc1-c1ccc(C(F)(F)F)c(F)c1. The van der Waals surface area contributed by atoms with Gasteiger partial charge in [0, 0.05) is 11.6 Å². The van der Waals surface area contributed by atoms with Gasteiger partial charge in [-0.1, -0.05) is 6.07 Å². The number of ether oxygens (including phenoxy) is 1. The molecule has 0 radical (unpaired) electrons. The summed E-state index contributed by atoms with van der Waals surface area (Å²) < 4.78 is 78.2. The second-order valence-corrected chi connectivity index (χ2v) is 5.16. The molecule has 0 amide bonds. The Morgan fingerprint density at radius 3 is 2.39 bits per heavy atom. The van der Waals surface area contributed by atoms with Crippen LogP contribution in [0.25, 0.3) is 11.1 Å². The number of anilines is 1. The highest BCUT2D eigenvalue weighted by atomic mass is 32.2. The van der Waals surface area contributed by atoms with Crippen molar-refractivity contribution in [1.82, 2.24) is 0 Å². The number of hydrogen-bond donors (Lipinski definition) is 2. The summed E-state index contributed by atoms with van der Waals surface area (Å²) in [4.78, 5) is 0. The van der Waals surface area contributed by atoms with E-state index < -0.39 is 28.8 Å². The summed E-state index contributed by atoms with van der Waals surface area (Å²) in [5.74, 6) is -1.18. The monoisotopic (exact) mass is 349 g/mol. The van der Waals surface area contributed by atoms with E-state index in [1.807, 2.05) is 0 Å². The van der Waals surface area contributed by atoms with Gasteiger partial charge in [0.2, 0.25) is 0 Å². The number of rotatable bonds is 4. The van der Waals surface area contributed by atoms with Gasteiger partial charge in [0.15, 0.2) is 0 Å². The fourth-order valence-electron chi connectivity index (χ4n) is 2.01. The number of alkyl halides is 3. The van der Waals surface area contributed by atoms with Crippen molar-refractivity contribution < 1.29 is 31.1 Å². The molecule has 2 rings (SSSR count). The van der Waals surface area contributed by atoms with E-state index in [4.69, 9.17) is 9.29 Å². The Labute approximate surface area is 131 Å². The number of benzene rings is 2. The Kier molecular flexibility index (Phi) is 4.90. The summed E-state index contributed by atoms with van der Waals surface area (Å²) in [5.41, 5.74) is -0.564. The summed E-state index contributed by atoms with van der Waals surface area (Å²) in [6, 6.07) is 6.77. The average Bonchev–Trinajstić information content (AvgIpc) is 2.45. The molecule has 124 valence electrons. The molecule has 0 heterocycles. The van der Waals surface area contributed by atoms with Crippen LogP contribution in [0.3, 0.4) is 0 Å². The molecule has 0 saturated carbocycles. The third-order valence-corrected chi connectivity index (χ3v) is 3.40. The summed E-state index contributed by atoms with van der Waals surface area (Å²) in [5, 5.41) is 0. The normalized spacial score (nSPS) is 12.8. The highest BCUT2D eigenvalue weighted by Crippen LogP contribution is 2.36. The topological polar surface area (TPSA) is 58.6 Å². The van der Waals surface area contributed by atoms with E-state index in [0.29, 0.717) is 11.6 Å². The largest absolute Gasteiger partial charge is 0.496 e. The highest BCUT2D eigenvalue weighted by Gasteiger charge is 2.34. The van der Waals surface area contributed by atoms with E-state index in [0.717, 1.165) is 12.1 Å². The van der Waals surface area contributed by atoms with E-state index in [1.165, 1.54) is 25.3 Å². The molecule has 4 nitrogen and oxygen atoms in total. The van der Waals surface area contributed by atoms with Crippen LogP contribution in [0.5, 0.6) is 5.75 Å². The summed E-state index contributed by atoms with van der Waals surface area (Å²) in [7, 11) is 1.32. The van der Waals surface area contributed by atoms with Crippen molar-refractivity contribution in [2.45, 2.75) is 6.18 Å². The van der Waals surface area contributed by atoms with Gasteiger partial charge in [-0.3, -0.25) is 9.27 Å². The first-order chi connectivity index (χ1) is 10.7. The van der Waals surface area contributed by atoms with Crippen molar-refractivity contribution in [1.29, 1.82) is 0 Å². The van der Waals surface area contributed by atoms with Gasteiger partial charge in [-0.15, -0.1) is 0 Å². The van der Waals surface area contributed by atoms with Crippen molar-refractivity contribution in [3.8, 4) is 16.9 Å². The Hall–Kier alpha value is -2.13. The second-order valence-electron chi connectivity index (χ2n) is 4.46. The summed E-state index contributed by atoms with van der Waals surface area (Å²) in [6.07, 6.45) is -4.77. The molecule has 23 heavy (non-hydrogen) atoms. The summed E-state index contributed by atoms with van der Waals surface area (Å²) >= 11 is -2.29. The minimum atomic E-state index is -4.77. The van der Waals surface area contributed by atoms with E-state index in [9.17, 15) is 21.8 Å². The maximum Gasteiger partial charge on any atom is 0.419 e. The van der Waals surface area contributed by atoms with E-state index in [-0.39, 0.29) is 17.0 Å². The van der Waals surface area contributed by atoms with Crippen LogP contribution in [-0.2, 0) is 17.4 Å². The fraction of sp³-hybridized carbons (Fsp3) is 0.143. The first-order valence-corrected chi connectivity index (χ1v) is 7.25. The van der Waals surface area contributed by atoms with Gasteiger partial charge in [-0.2, -0.15) is 13.2 Å². The Balaban J connectivity index is 2.46. The maximum absolute atomic E-state index is 13.7. The minimum absolute atomic E-state index is 0.184. The van der Waals surface area contributed by atoms with Crippen molar-refractivity contribution >= 4 is 17.0 Å². The zero-order chi connectivity index (χ0) is 17.2. The molecular formula is C14H11F4NO3S. The molecule has 2 aromatic rings. The molecule has 0 aromatic heterocycles. The molecule has 9 heteroatoms. The van der Waals surface area contributed by atoms with Crippen LogP contribution in [-0.4, -0.2) is 15.9 Å². The molecular weight excluding hydrogens is 338 g/mol. The first-order valence-electron chi connectivity index (χ1n) is 6.15. The molecule has 0 bridgehead atoms. The van der Waals surface area contributed by atoms with E-state index in [2.05, 4.69) is 4.72 Å². The predicted molar refractivity (Wildman–Crippen MR) is 77.8 cm³/mol. The average molecular weight is 349 g/mol. The molecule has 0 aliphatic heterocycles. The maximum atomic E-state index is 13.7. The predicted octanol–water partition coefficient (Wildman–Crippen LogP) is 4.07. The Morgan fingerprint density at radius 1 is 1.17 bits per heavy atom. The van der Waals surface area contributed by atoms with E-state index >= 15 is 0 Å². The molecule has 1 unspecified atom stereocenters. The second kappa shape index (κ2) is 6.55. The van der Waals surface area contributed by atoms with Crippen LogP contribution in [0, 0.1) is 5.82 Å². The van der Waals surface area contributed by atoms with Gasteiger partial charge in [0.1, 0.15) is 11.6 Å². The van der Waals surface area contributed by atoms with Gasteiger partial charge in [0.25, 0.3) is 11.3 Å². The molecule has 0 aliphatic rings. The van der Waals surface area contributed by atoms with Gasteiger partial charge in [0.05, 0.1) is 18.4 Å². The molecule has 2 aromatic carbocycles. The standard InChI is InChI=1S/C14H11F4NO3S/c1-22-13-7-9(19-23(20)21)3-4-10(13)8-2-5-11(12(15)6-8)14(16,17)18/h2-7,19H,1H3,(H,20,21). The lowest BCUT2D eigenvalue weighted by Crippen LogP contribution is -2.08. The number of nitrogens with one attached hydrogen (secondary N) is 1. The first kappa shape index (κ1) is 17.2. The molecule has 0 spiro atoms. The third-order valence-electron chi connectivity index (χ3n) is 2.99. The van der Waals surface area contributed by atoms with Crippen LogP contribution in [0.15, 0.2) is 36.4 Å². The van der Waals surface area contributed by atoms with Crippen LogP contribution in [0.2, 0.25) is 0 Å². The molecule has 1 atom stereocenters. The van der Waals surface area contributed by atoms with Crippen LogP contribution >= 0.6 is 0 Å². The molecule has 2 N–H and O–H groups in total.